The number of carbonyl (C=O) groups excluding carboxylic acids is 1. The highest BCUT2D eigenvalue weighted by Gasteiger charge is 2.34. The third-order valence-corrected chi connectivity index (χ3v) is 4.10. The predicted molar refractivity (Wildman–Crippen MR) is 88.3 cm³/mol. The number of amides is 1. The van der Waals surface area contributed by atoms with Gasteiger partial charge in [-0.25, -0.2) is 0 Å². The topological polar surface area (TPSA) is 53.3 Å². The van der Waals surface area contributed by atoms with E-state index in [2.05, 4.69) is 12.1 Å². The van der Waals surface area contributed by atoms with Gasteiger partial charge in [-0.2, -0.15) is 5.26 Å². The summed E-state index contributed by atoms with van der Waals surface area (Å²) in [5.41, 5.74) is 2.56. The van der Waals surface area contributed by atoms with Crippen molar-refractivity contribution in [2.45, 2.75) is 32.4 Å². The molecule has 1 amide bonds. The number of rotatable bonds is 3. The molecule has 0 aromatic heterocycles. The maximum Gasteiger partial charge on any atom is 0.268 e. The molecule has 2 aromatic rings. The van der Waals surface area contributed by atoms with Crippen LogP contribution in [0.5, 0.6) is 5.75 Å². The normalized spacial score (nSPS) is 17.3. The zero-order chi connectivity index (χ0) is 16.4. The van der Waals surface area contributed by atoms with E-state index in [-0.39, 0.29) is 11.9 Å². The van der Waals surface area contributed by atoms with Crippen LogP contribution >= 0.6 is 0 Å². The Bertz CT molecular complexity index is 779. The third-order valence-electron chi connectivity index (χ3n) is 4.10. The van der Waals surface area contributed by atoms with Crippen LogP contribution in [0.4, 0.5) is 5.69 Å². The standard InChI is InChI=1S/C19H18N2O2/c1-13-11-15-7-3-5-9-17(15)21(13)19(22)14(2)23-18-10-6-4-8-16(18)12-20/h3-10,13-14H,11H2,1-2H3/t13-,14-/m1/s1. The molecule has 0 aliphatic carbocycles. The van der Waals surface area contributed by atoms with Gasteiger partial charge < -0.3 is 9.64 Å². The first-order valence-corrected chi connectivity index (χ1v) is 7.68. The SMILES string of the molecule is C[C@@H]1Cc2ccccc2N1C(=O)[C@@H](C)Oc1ccccc1C#N. The maximum atomic E-state index is 12.8. The summed E-state index contributed by atoms with van der Waals surface area (Å²) >= 11 is 0. The van der Waals surface area contributed by atoms with E-state index in [9.17, 15) is 4.79 Å². The second-order valence-corrected chi connectivity index (χ2v) is 5.76. The van der Waals surface area contributed by atoms with Crippen molar-refractivity contribution in [1.29, 1.82) is 5.26 Å². The number of anilines is 1. The molecule has 0 fully saturated rings. The number of fused-ring (bicyclic) bond motifs is 1. The van der Waals surface area contributed by atoms with Crippen LogP contribution in [0.15, 0.2) is 48.5 Å². The molecule has 0 bridgehead atoms. The van der Waals surface area contributed by atoms with E-state index in [4.69, 9.17) is 10.00 Å². The number of carbonyl (C=O) groups is 1. The summed E-state index contributed by atoms with van der Waals surface area (Å²) in [4.78, 5) is 14.6. The molecule has 0 radical (unpaired) electrons. The van der Waals surface area contributed by atoms with Gasteiger partial charge in [-0.15, -0.1) is 0 Å². The van der Waals surface area contributed by atoms with Gasteiger partial charge in [-0.1, -0.05) is 30.3 Å². The molecule has 3 rings (SSSR count). The molecule has 2 aromatic carbocycles. The highest BCUT2D eigenvalue weighted by Crippen LogP contribution is 2.32. The largest absolute Gasteiger partial charge is 0.479 e. The summed E-state index contributed by atoms with van der Waals surface area (Å²) in [6.45, 7) is 3.76. The highest BCUT2D eigenvalue weighted by molar-refractivity contribution is 5.99. The molecule has 0 saturated carbocycles. The molecule has 1 aliphatic rings. The summed E-state index contributed by atoms with van der Waals surface area (Å²) < 4.78 is 5.76. The fraction of sp³-hybridized carbons (Fsp3) is 0.263. The van der Waals surface area contributed by atoms with Crippen molar-refractivity contribution in [3.8, 4) is 11.8 Å². The summed E-state index contributed by atoms with van der Waals surface area (Å²) in [7, 11) is 0. The van der Waals surface area contributed by atoms with Gasteiger partial charge in [0.05, 0.1) is 5.56 Å². The van der Waals surface area contributed by atoms with Crippen molar-refractivity contribution < 1.29 is 9.53 Å². The Morgan fingerprint density at radius 3 is 2.74 bits per heavy atom. The van der Waals surface area contributed by atoms with Crippen LogP contribution in [-0.2, 0) is 11.2 Å². The second kappa shape index (κ2) is 6.13. The average Bonchev–Trinajstić information content (AvgIpc) is 2.90. The van der Waals surface area contributed by atoms with Crippen molar-refractivity contribution in [2.24, 2.45) is 0 Å². The molecular weight excluding hydrogens is 288 g/mol. The Balaban J connectivity index is 1.82. The Morgan fingerprint density at radius 1 is 1.26 bits per heavy atom. The molecule has 0 saturated heterocycles. The van der Waals surface area contributed by atoms with Gasteiger partial charge in [0.1, 0.15) is 11.8 Å². The quantitative estimate of drug-likeness (QED) is 0.874. The van der Waals surface area contributed by atoms with E-state index >= 15 is 0 Å². The molecule has 1 heterocycles. The first kappa shape index (κ1) is 15.1. The Kier molecular flexibility index (Phi) is 4.03. The van der Waals surface area contributed by atoms with Crippen LogP contribution in [0.3, 0.4) is 0 Å². The molecule has 0 unspecified atom stereocenters. The van der Waals surface area contributed by atoms with E-state index in [0.29, 0.717) is 11.3 Å². The van der Waals surface area contributed by atoms with E-state index in [1.165, 1.54) is 5.56 Å². The molecule has 2 atom stereocenters. The summed E-state index contributed by atoms with van der Waals surface area (Å²) in [6.07, 6.45) is 0.196. The summed E-state index contributed by atoms with van der Waals surface area (Å²) in [5.74, 6) is 0.353. The first-order chi connectivity index (χ1) is 11.1. The number of para-hydroxylation sites is 2. The fourth-order valence-electron chi connectivity index (χ4n) is 3.00. The molecule has 1 aliphatic heterocycles. The van der Waals surface area contributed by atoms with Gasteiger partial charge in [-0.05, 0) is 44.0 Å². The molecule has 0 N–H and O–H groups in total. The second-order valence-electron chi connectivity index (χ2n) is 5.76. The van der Waals surface area contributed by atoms with E-state index in [0.717, 1.165) is 12.1 Å². The van der Waals surface area contributed by atoms with Gasteiger partial charge in [0.25, 0.3) is 5.91 Å². The minimum absolute atomic E-state index is 0.0878. The van der Waals surface area contributed by atoms with E-state index in [1.807, 2.05) is 25.1 Å². The van der Waals surface area contributed by atoms with Gasteiger partial charge >= 0.3 is 0 Å². The third kappa shape index (κ3) is 2.78. The minimum atomic E-state index is -0.655. The lowest BCUT2D eigenvalue weighted by Gasteiger charge is -2.26. The van der Waals surface area contributed by atoms with E-state index < -0.39 is 6.10 Å². The van der Waals surface area contributed by atoms with Gasteiger partial charge in [0, 0.05) is 11.7 Å². The average molecular weight is 306 g/mol. The van der Waals surface area contributed by atoms with Crippen molar-refractivity contribution in [2.75, 3.05) is 4.90 Å². The van der Waals surface area contributed by atoms with Crippen molar-refractivity contribution in [1.82, 2.24) is 0 Å². The summed E-state index contributed by atoms with van der Waals surface area (Å²) in [5, 5.41) is 9.13. The van der Waals surface area contributed by atoms with Gasteiger partial charge in [-0.3, -0.25) is 4.79 Å². The smallest absolute Gasteiger partial charge is 0.268 e. The van der Waals surface area contributed by atoms with Crippen LogP contribution in [0.2, 0.25) is 0 Å². The zero-order valence-electron chi connectivity index (χ0n) is 13.2. The lowest BCUT2D eigenvalue weighted by atomic mass is 10.1. The number of hydrogen-bond acceptors (Lipinski definition) is 3. The maximum absolute atomic E-state index is 12.8. The van der Waals surface area contributed by atoms with E-state index in [1.54, 1.807) is 36.1 Å². The molecular formula is C19H18N2O2. The Hall–Kier alpha value is -2.80. The van der Waals surface area contributed by atoms with Crippen molar-refractivity contribution in [3.63, 3.8) is 0 Å². The summed E-state index contributed by atoms with van der Waals surface area (Å²) in [6, 6.07) is 17.1. The number of nitriles is 1. The van der Waals surface area contributed by atoms with Gasteiger partial charge in [0.2, 0.25) is 0 Å². The minimum Gasteiger partial charge on any atom is -0.479 e. The van der Waals surface area contributed by atoms with Crippen LogP contribution in [0.1, 0.15) is 25.0 Å². The lowest BCUT2D eigenvalue weighted by Crippen LogP contribution is -2.43. The number of benzene rings is 2. The molecule has 4 heteroatoms. The molecule has 0 spiro atoms. The van der Waals surface area contributed by atoms with Crippen LogP contribution in [0.25, 0.3) is 0 Å². The Labute approximate surface area is 135 Å². The number of hydrogen-bond donors (Lipinski definition) is 0. The molecule has 23 heavy (non-hydrogen) atoms. The predicted octanol–water partition coefficient (Wildman–Crippen LogP) is 3.30. The molecule has 4 nitrogen and oxygen atoms in total. The van der Waals surface area contributed by atoms with Gasteiger partial charge in [0.15, 0.2) is 6.10 Å². The van der Waals surface area contributed by atoms with Crippen molar-refractivity contribution in [3.05, 3.63) is 59.7 Å². The number of nitrogens with zero attached hydrogens (tertiary/aromatic N) is 2. The molecule has 116 valence electrons. The first-order valence-electron chi connectivity index (χ1n) is 7.68. The van der Waals surface area contributed by atoms with Crippen LogP contribution in [-0.4, -0.2) is 18.1 Å². The zero-order valence-corrected chi connectivity index (χ0v) is 13.2. The van der Waals surface area contributed by atoms with Crippen LogP contribution in [0, 0.1) is 11.3 Å². The highest BCUT2D eigenvalue weighted by atomic mass is 16.5. The monoisotopic (exact) mass is 306 g/mol. The number of ether oxygens (including phenoxy) is 1. The fourth-order valence-corrected chi connectivity index (χ4v) is 3.00. The van der Waals surface area contributed by atoms with Crippen LogP contribution < -0.4 is 9.64 Å². The Morgan fingerprint density at radius 2 is 1.96 bits per heavy atom. The lowest BCUT2D eigenvalue weighted by molar-refractivity contribution is -0.124. The van der Waals surface area contributed by atoms with Crippen molar-refractivity contribution >= 4 is 11.6 Å².